The Morgan fingerprint density at radius 1 is 1.82 bits per heavy atom. The molecule has 4 N–H and O–H groups in total. The second-order valence-corrected chi connectivity index (χ2v) is 1.81. The average molecular weight is 156 g/mol. The number of amides is 2. The van der Waals surface area contributed by atoms with Gasteiger partial charge >= 0.3 is 6.03 Å². The number of nitrogens with two attached hydrogens (primary N) is 1. The lowest BCUT2D eigenvalue weighted by Gasteiger charge is -1.99. The van der Waals surface area contributed by atoms with Gasteiger partial charge < -0.3 is 9.73 Å². The van der Waals surface area contributed by atoms with Crippen LogP contribution in [0.3, 0.4) is 0 Å². The molecule has 0 saturated heterocycles. The van der Waals surface area contributed by atoms with E-state index in [0.29, 0.717) is 12.2 Å². The molecule has 1 heterocycles. The molecule has 0 aliphatic heterocycles. The Balaban J connectivity index is 2.29. The standard InChI is InChI=1S/C5H8N4O2/c6-9-5(10)7-1-4-2-11-3-8-4/h2-3H,1,6H2,(H2,7,9,10). The van der Waals surface area contributed by atoms with Gasteiger partial charge in [0, 0.05) is 0 Å². The quantitative estimate of drug-likeness (QED) is 0.301. The molecule has 11 heavy (non-hydrogen) atoms. The maximum atomic E-state index is 10.5. The Morgan fingerprint density at radius 3 is 3.18 bits per heavy atom. The van der Waals surface area contributed by atoms with Crippen LogP contribution in [-0.4, -0.2) is 11.0 Å². The van der Waals surface area contributed by atoms with Crippen molar-refractivity contribution in [2.24, 2.45) is 5.84 Å². The summed E-state index contributed by atoms with van der Waals surface area (Å²) in [7, 11) is 0. The highest BCUT2D eigenvalue weighted by Gasteiger charge is 1.98. The van der Waals surface area contributed by atoms with E-state index in [9.17, 15) is 4.79 Å². The van der Waals surface area contributed by atoms with E-state index in [1.165, 1.54) is 12.7 Å². The molecule has 0 saturated carbocycles. The molecule has 0 atom stereocenters. The maximum absolute atomic E-state index is 10.5. The highest BCUT2D eigenvalue weighted by Crippen LogP contribution is 1.91. The van der Waals surface area contributed by atoms with E-state index in [2.05, 4.69) is 14.7 Å². The smallest absolute Gasteiger partial charge is 0.329 e. The van der Waals surface area contributed by atoms with Gasteiger partial charge in [0.2, 0.25) is 0 Å². The summed E-state index contributed by atoms with van der Waals surface area (Å²) in [4.78, 5) is 14.3. The first-order valence-corrected chi connectivity index (χ1v) is 2.94. The van der Waals surface area contributed by atoms with Crippen LogP contribution in [0.2, 0.25) is 0 Å². The number of oxazole rings is 1. The number of nitrogens with one attached hydrogen (secondary N) is 2. The summed E-state index contributed by atoms with van der Waals surface area (Å²) in [6, 6.07) is -0.451. The number of hydrogen-bond acceptors (Lipinski definition) is 4. The summed E-state index contributed by atoms with van der Waals surface area (Å²) in [6.07, 6.45) is 2.73. The Kier molecular flexibility index (Phi) is 2.45. The third-order valence-electron chi connectivity index (χ3n) is 1.04. The van der Waals surface area contributed by atoms with Gasteiger partial charge in [-0.2, -0.15) is 0 Å². The molecule has 0 spiro atoms. The number of carbonyl (C=O) groups is 1. The van der Waals surface area contributed by atoms with E-state index in [0.717, 1.165) is 0 Å². The molecule has 6 heteroatoms. The van der Waals surface area contributed by atoms with Gasteiger partial charge in [-0.1, -0.05) is 0 Å². The lowest BCUT2D eigenvalue weighted by molar-refractivity contribution is 0.240. The van der Waals surface area contributed by atoms with Crippen molar-refractivity contribution in [2.75, 3.05) is 0 Å². The van der Waals surface area contributed by atoms with Crippen LogP contribution in [0.5, 0.6) is 0 Å². The minimum atomic E-state index is -0.451. The van der Waals surface area contributed by atoms with Crippen molar-refractivity contribution >= 4 is 6.03 Å². The summed E-state index contributed by atoms with van der Waals surface area (Å²) in [5.74, 6) is 4.81. The van der Waals surface area contributed by atoms with E-state index >= 15 is 0 Å². The Bertz CT molecular complexity index is 220. The molecule has 1 rings (SSSR count). The van der Waals surface area contributed by atoms with Gasteiger partial charge in [-0.05, 0) is 0 Å². The molecule has 1 aromatic rings. The molecule has 6 nitrogen and oxygen atoms in total. The average Bonchev–Trinajstić information content (AvgIpc) is 2.52. The summed E-state index contributed by atoms with van der Waals surface area (Å²) < 4.78 is 4.67. The SMILES string of the molecule is NNC(=O)NCc1cocn1. The molecule has 0 aliphatic carbocycles. The zero-order valence-electron chi connectivity index (χ0n) is 5.70. The molecule has 0 aromatic carbocycles. The van der Waals surface area contributed by atoms with Crippen LogP contribution in [0.15, 0.2) is 17.1 Å². The summed E-state index contributed by atoms with van der Waals surface area (Å²) in [5.41, 5.74) is 2.57. The van der Waals surface area contributed by atoms with Crippen molar-refractivity contribution in [1.29, 1.82) is 0 Å². The van der Waals surface area contributed by atoms with E-state index in [1.807, 2.05) is 5.43 Å². The molecular formula is C5H8N4O2. The van der Waals surface area contributed by atoms with Gasteiger partial charge in [0.15, 0.2) is 6.39 Å². The Hall–Kier alpha value is -1.56. The molecule has 1 aromatic heterocycles. The van der Waals surface area contributed by atoms with Crippen molar-refractivity contribution < 1.29 is 9.21 Å². The fourth-order valence-corrected chi connectivity index (χ4v) is 0.547. The molecular weight excluding hydrogens is 148 g/mol. The first kappa shape index (κ1) is 7.55. The topological polar surface area (TPSA) is 93.2 Å². The van der Waals surface area contributed by atoms with Crippen molar-refractivity contribution in [3.8, 4) is 0 Å². The fraction of sp³-hybridized carbons (Fsp3) is 0.200. The second kappa shape index (κ2) is 3.57. The maximum Gasteiger partial charge on any atom is 0.329 e. The predicted octanol–water partition coefficient (Wildman–Crippen LogP) is -0.653. The monoisotopic (exact) mass is 156 g/mol. The fourth-order valence-electron chi connectivity index (χ4n) is 0.547. The zero-order valence-corrected chi connectivity index (χ0v) is 5.70. The largest absolute Gasteiger partial charge is 0.451 e. The number of aromatic nitrogens is 1. The van der Waals surface area contributed by atoms with Gasteiger partial charge in [-0.15, -0.1) is 0 Å². The first-order valence-electron chi connectivity index (χ1n) is 2.94. The third kappa shape index (κ3) is 2.26. The molecule has 0 unspecified atom stereocenters. The van der Waals surface area contributed by atoms with Gasteiger partial charge in [0.25, 0.3) is 0 Å². The van der Waals surface area contributed by atoms with Crippen LogP contribution >= 0.6 is 0 Å². The predicted molar refractivity (Wildman–Crippen MR) is 36.1 cm³/mol. The molecule has 2 amide bonds. The lowest BCUT2D eigenvalue weighted by Crippen LogP contribution is -2.39. The number of rotatable bonds is 2. The minimum absolute atomic E-state index is 0.305. The molecule has 0 aliphatic rings. The van der Waals surface area contributed by atoms with Crippen LogP contribution < -0.4 is 16.6 Å². The Morgan fingerprint density at radius 2 is 2.64 bits per heavy atom. The first-order chi connectivity index (χ1) is 5.33. The number of hydrogen-bond donors (Lipinski definition) is 3. The molecule has 0 fully saturated rings. The van der Waals surface area contributed by atoms with Gasteiger partial charge in [0.05, 0.1) is 12.2 Å². The second-order valence-electron chi connectivity index (χ2n) is 1.81. The highest BCUT2D eigenvalue weighted by atomic mass is 16.3. The molecule has 60 valence electrons. The van der Waals surface area contributed by atoms with Crippen LogP contribution in [0.4, 0.5) is 4.79 Å². The van der Waals surface area contributed by atoms with Gasteiger partial charge in [-0.3, -0.25) is 5.43 Å². The van der Waals surface area contributed by atoms with E-state index in [4.69, 9.17) is 5.84 Å². The molecule has 0 radical (unpaired) electrons. The van der Waals surface area contributed by atoms with Crippen molar-refractivity contribution in [3.05, 3.63) is 18.4 Å². The van der Waals surface area contributed by atoms with E-state index in [-0.39, 0.29) is 0 Å². The summed E-state index contributed by atoms with van der Waals surface area (Å²) in [5, 5.41) is 2.44. The number of carbonyl (C=O) groups excluding carboxylic acids is 1. The number of nitrogens with zero attached hydrogens (tertiary/aromatic N) is 1. The van der Waals surface area contributed by atoms with E-state index < -0.39 is 6.03 Å². The third-order valence-corrected chi connectivity index (χ3v) is 1.04. The van der Waals surface area contributed by atoms with Crippen molar-refractivity contribution in [1.82, 2.24) is 15.7 Å². The van der Waals surface area contributed by atoms with Crippen LogP contribution in [0.25, 0.3) is 0 Å². The minimum Gasteiger partial charge on any atom is -0.451 e. The van der Waals surface area contributed by atoms with E-state index in [1.54, 1.807) is 0 Å². The molecule has 0 bridgehead atoms. The summed E-state index contributed by atoms with van der Waals surface area (Å²) >= 11 is 0. The van der Waals surface area contributed by atoms with Gasteiger partial charge in [-0.25, -0.2) is 15.6 Å². The van der Waals surface area contributed by atoms with Crippen LogP contribution in [-0.2, 0) is 6.54 Å². The lowest BCUT2D eigenvalue weighted by atomic mass is 10.5. The number of urea groups is 1. The number of hydrazine groups is 1. The zero-order chi connectivity index (χ0) is 8.10. The van der Waals surface area contributed by atoms with Crippen molar-refractivity contribution in [3.63, 3.8) is 0 Å². The Labute approximate surface area is 62.7 Å². The normalized spacial score (nSPS) is 9.18. The van der Waals surface area contributed by atoms with Crippen LogP contribution in [0.1, 0.15) is 5.69 Å². The highest BCUT2D eigenvalue weighted by molar-refractivity contribution is 5.72. The van der Waals surface area contributed by atoms with Crippen molar-refractivity contribution in [2.45, 2.75) is 6.54 Å². The summed E-state index contributed by atoms with van der Waals surface area (Å²) in [6.45, 7) is 0.305. The van der Waals surface area contributed by atoms with Gasteiger partial charge in [0.1, 0.15) is 6.26 Å². The van der Waals surface area contributed by atoms with Crippen LogP contribution in [0, 0.1) is 0 Å².